The van der Waals surface area contributed by atoms with E-state index >= 15 is 0 Å². The van der Waals surface area contributed by atoms with Crippen molar-refractivity contribution in [1.82, 2.24) is 4.90 Å². The van der Waals surface area contributed by atoms with Gasteiger partial charge >= 0.3 is 0 Å². The van der Waals surface area contributed by atoms with Gasteiger partial charge in [0.25, 0.3) is 0 Å². The maximum atomic E-state index is 13.4. The Morgan fingerprint density at radius 1 is 1.06 bits per heavy atom. The van der Waals surface area contributed by atoms with E-state index in [1.54, 1.807) is 0 Å². The van der Waals surface area contributed by atoms with Gasteiger partial charge in [-0.15, -0.1) is 0 Å². The second-order valence-corrected chi connectivity index (χ2v) is 11.3. The number of likely N-dealkylation sites (tertiary alicyclic amines) is 1. The minimum Gasteiger partial charge on any atom is -0.507 e. The van der Waals surface area contributed by atoms with E-state index in [0.717, 1.165) is 36.3 Å². The highest BCUT2D eigenvalue weighted by atomic mass is 79.9. The molecular formula is C27H35BrN2O2. The second-order valence-electron chi connectivity index (χ2n) is 11.0. The quantitative estimate of drug-likeness (QED) is 0.482. The number of benzene rings is 2. The second kappa shape index (κ2) is 9.38. The van der Waals surface area contributed by atoms with Gasteiger partial charge in [-0.05, 0) is 40.9 Å². The third-order valence-corrected chi connectivity index (χ3v) is 6.57. The van der Waals surface area contributed by atoms with Gasteiger partial charge in [0.1, 0.15) is 11.6 Å². The van der Waals surface area contributed by atoms with Gasteiger partial charge < -0.3 is 10.0 Å². The Morgan fingerprint density at radius 3 is 2.12 bits per heavy atom. The summed E-state index contributed by atoms with van der Waals surface area (Å²) in [5.74, 6) is 1.70. The van der Waals surface area contributed by atoms with Crippen molar-refractivity contribution in [3.63, 3.8) is 0 Å². The topological polar surface area (TPSA) is 52.9 Å². The minimum absolute atomic E-state index is 0.0509. The maximum Gasteiger partial charge on any atom is 0.182 e. The zero-order valence-electron chi connectivity index (χ0n) is 20.1. The lowest BCUT2D eigenvalue weighted by atomic mass is 9.78. The van der Waals surface area contributed by atoms with Gasteiger partial charge in [0.15, 0.2) is 5.78 Å². The molecule has 0 spiro atoms. The molecule has 1 N–H and O–H groups in total. The zero-order chi connectivity index (χ0) is 23.7. The van der Waals surface area contributed by atoms with Gasteiger partial charge in [-0.2, -0.15) is 4.02 Å². The van der Waals surface area contributed by atoms with Crippen molar-refractivity contribution in [3.8, 4) is 5.75 Å². The lowest BCUT2D eigenvalue weighted by Crippen LogP contribution is -2.32. The first-order valence-corrected chi connectivity index (χ1v) is 12.0. The Morgan fingerprint density at radius 2 is 1.62 bits per heavy atom. The van der Waals surface area contributed by atoms with E-state index in [9.17, 15) is 9.90 Å². The molecule has 1 fully saturated rings. The van der Waals surface area contributed by atoms with Crippen LogP contribution in [0, 0.1) is 5.92 Å². The van der Waals surface area contributed by atoms with Gasteiger partial charge in [-0.3, -0.25) is 4.79 Å². The van der Waals surface area contributed by atoms with E-state index in [2.05, 4.69) is 90.9 Å². The highest BCUT2D eigenvalue weighted by Crippen LogP contribution is 2.40. The van der Waals surface area contributed by atoms with Crippen LogP contribution in [0.4, 0.5) is 0 Å². The molecule has 0 aliphatic carbocycles. The summed E-state index contributed by atoms with van der Waals surface area (Å²) < 4.78 is 4.30. The summed E-state index contributed by atoms with van der Waals surface area (Å²) in [5, 5.41) is 11.0. The summed E-state index contributed by atoms with van der Waals surface area (Å²) in [6.45, 7) is 13.5. The Bertz CT molecular complexity index is 966. The van der Waals surface area contributed by atoms with Gasteiger partial charge in [0, 0.05) is 29.7 Å². The standard InChI is InChI=1S/C27H35BrN2O2/c1-26(2,3)21-14-20(15-22(25(21)32)27(4,5)6)23(31)17-30-16-19(13-24(30)29-28)12-18-10-8-7-9-11-18/h7-11,14-15,19,32H,12-13,16-17H2,1-6H3. The van der Waals surface area contributed by atoms with Crippen molar-refractivity contribution in [1.29, 1.82) is 0 Å². The van der Waals surface area contributed by atoms with Crippen LogP contribution in [0.25, 0.3) is 0 Å². The van der Waals surface area contributed by atoms with Crippen molar-refractivity contribution in [3.05, 3.63) is 64.7 Å². The van der Waals surface area contributed by atoms with Crippen LogP contribution in [0.3, 0.4) is 0 Å². The number of carbonyl (C=O) groups is 1. The van der Waals surface area contributed by atoms with E-state index in [4.69, 9.17) is 0 Å². The monoisotopic (exact) mass is 498 g/mol. The molecule has 1 aliphatic rings. The van der Waals surface area contributed by atoms with E-state index in [1.807, 2.05) is 18.2 Å². The molecule has 1 saturated heterocycles. The third-order valence-electron chi connectivity index (χ3n) is 6.16. The summed E-state index contributed by atoms with van der Waals surface area (Å²) in [4.78, 5) is 15.5. The minimum atomic E-state index is -0.267. The first-order valence-electron chi connectivity index (χ1n) is 11.3. The van der Waals surface area contributed by atoms with Crippen molar-refractivity contribution in [2.75, 3.05) is 13.1 Å². The van der Waals surface area contributed by atoms with Crippen LogP contribution in [0.1, 0.15) is 75.0 Å². The largest absolute Gasteiger partial charge is 0.507 e. The number of phenols is 1. The van der Waals surface area contributed by atoms with E-state index < -0.39 is 0 Å². The number of phenolic OH excluding ortho intramolecular Hbond substituents is 1. The van der Waals surface area contributed by atoms with Gasteiger partial charge in [0.2, 0.25) is 0 Å². The van der Waals surface area contributed by atoms with Crippen LogP contribution < -0.4 is 0 Å². The lowest BCUT2D eigenvalue weighted by Gasteiger charge is -2.28. The first kappa shape index (κ1) is 24.5. The predicted molar refractivity (Wildman–Crippen MR) is 136 cm³/mol. The molecule has 1 unspecified atom stereocenters. The number of ketones is 1. The molecule has 0 bridgehead atoms. The molecule has 32 heavy (non-hydrogen) atoms. The molecule has 5 heteroatoms. The van der Waals surface area contributed by atoms with E-state index in [0.29, 0.717) is 17.2 Å². The summed E-state index contributed by atoms with van der Waals surface area (Å²) in [6.07, 6.45) is 1.82. The fourth-order valence-corrected chi connectivity index (χ4v) is 4.77. The molecule has 172 valence electrons. The molecule has 0 radical (unpaired) electrons. The molecular weight excluding hydrogens is 464 g/mol. The smallest absolute Gasteiger partial charge is 0.182 e. The highest BCUT2D eigenvalue weighted by Gasteiger charge is 2.31. The van der Waals surface area contributed by atoms with Crippen LogP contribution in [0.2, 0.25) is 0 Å². The highest BCUT2D eigenvalue weighted by molar-refractivity contribution is 9.08. The third kappa shape index (κ3) is 5.61. The van der Waals surface area contributed by atoms with Crippen LogP contribution in [0.15, 0.2) is 46.5 Å². The molecule has 1 atom stereocenters. The SMILES string of the molecule is CC(C)(C)c1cc(C(=O)CN2CC(Cc3ccccc3)CC2=NBr)cc(C(C)(C)C)c1O. The predicted octanol–water partition coefficient (Wildman–Crippen LogP) is 6.44. The Hall–Kier alpha value is -2.14. The molecule has 1 heterocycles. The molecule has 0 amide bonds. The summed E-state index contributed by atoms with van der Waals surface area (Å²) in [6, 6.07) is 14.2. The maximum absolute atomic E-state index is 13.4. The number of Topliss-reactive ketones (excluding diaryl/α,β-unsaturated/α-hetero) is 1. The average Bonchev–Trinajstić information content (AvgIpc) is 3.08. The number of aromatic hydroxyl groups is 1. The van der Waals surface area contributed by atoms with Crippen LogP contribution in [-0.2, 0) is 17.3 Å². The Labute approximate surface area is 201 Å². The average molecular weight is 499 g/mol. The van der Waals surface area contributed by atoms with Crippen LogP contribution in [0.5, 0.6) is 5.75 Å². The van der Waals surface area contributed by atoms with Crippen molar-refractivity contribution >= 4 is 27.8 Å². The van der Waals surface area contributed by atoms with Crippen molar-refractivity contribution in [2.45, 2.75) is 65.2 Å². The van der Waals surface area contributed by atoms with Gasteiger partial charge in [-0.1, -0.05) is 71.9 Å². The number of amidine groups is 1. The number of rotatable bonds is 5. The summed E-state index contributed by atoms with van der Waals surface area (Å²) in [7, 11) is 0. The van der Waals surface area contributed by atoms with Crippen LogP contribution >= 0.6 is 16.1 Å². The number of halogens is 1. The van der Waals surface area contributed by atoms with E-state index in [1.165, 1.54) is 5.56 Å². The summed E-state index contributed by atoms with van der Waals surface area (Å²) in [5.41, 5.74) is 3.05. The van der Waals surface area contributed by atoms with Crippen molar-refractivity contribution < 1.29 is 9.90 Å². The molecule has 0 saturated carbocycles. The molecule has 0 aromatic heterocycles. The molecule has 3 rings (SSSR count). The van der Waals surface area contributed by atoms with Crippen LogP contribution in [-0.4, -0.2) is 34.7 Å². The fourth-order valence-electron chi connectivity index (χ4n) is 4.40. The summed E-state index contributed by atoms with van der Waals surface area (Å²) >= 11 is 3.26. The van der Waals surface area contributed by atoms with Gasteiger partial charge in [0.05, 0.1) is 22.7 Å². The number of carbonyl (C=O) groups excluding carboxylic acids is 1. The lowest BCUT2D eigenvalue weighted by molar-refractivity contribution is 0.0963. The first-order chi connectivity index (χ1) is 14.9. The van der Waals surface area contributed by atoms with Crippen molar-refractivity contribution in [2.24, 2.45) is 9.94 Å². The molecule has 4 nitrogen and oxygen atoms in total. The zero-order valence-corrected chi connectivity index (χ0v) is 21.7. The molecule has 2 aromatic rings. The Kier molecular flexibility index (Phi) is 7.18. The molecule has 1 aliphatic heterocycles. The number of hydrogen-bond acceptors (Lipinski definition) is 3. The Balaban J connectivity index is 1.84. The molecule has 2 aromatic carbocycles. The number of nitrogens with zero attached hydrogens (tertiary/aromatic N) is 2. The van der Waals surface area contributed by atoms with E-state index in [-0.39, 0.29) is 23.2 Å². The number of hydrogen-bond donors (Lipinski definition) is 1. The normalized spacial score (nSPS) is 18.4. The fraction of sp³-hybridized carbons (Fsp3) is 0.481. The van der Waals surface area contributed by atoms with Gasteiger partial charge in [-0.25, -0.2) is 0 Å².